The van der Waals surface area contributed by atoms with Gasteiger partial charge in [0.25, 0.3) is 5.91 Å². The average molecular weight is 434 g/mol. The summed E-state index contributed by atoms with van der Waals surface area (Å²) in [6, 6.07) is 15.7. The Hall–Kier alpha value is -2.82. The van der Waals surface area contributed by atoms with Crippen molar-refractivity contribution >= 4 is 23.2 Å². The van der Waals surface area contributed by atoms with Gasteiger partial charge < -0.3 is 15.5 Å². The molecule has 1 atom stereocenters. The van der Waals surface area contributed by atoms with Gasteiger partial charge >= 0.3 is 0 Å². The van der Waals surface area contributed by atoms with Crippen molar-refractivity contribution in [2.45, 2.75) is 58.4 Å². The SMILES string of the molecule is CC1CCN(c2ccc(NC(=O)C3CCCC3)cc2C(=O)N[C@H](C)c2ccccc2)CC1. The smallest absolute Gasteiger partial charge is 0.253 e. The lowest BCUT2D eigenvalue weighted by Crippen LogP contribution is -2.35. The zero-order valence-electron chi connectivity index (χ0n) is 19.3. The van der Waals surface area contributed by atoms with Crippen LogP contribution in [-0.2, 0) is 4.79 Å². The molecule has 2 fully saturated rings. The van der Waals surface area contributed by atoms with E-state index in [4.69, 9.17) is 0 Å². The van der Waals surface area contributed by atoms with E-state index in [0.29, 0.717) is 17.2 Å². The zero-order chi connectivity index (χ0) is 22.5. The van der Waals surface area contributed by atoms with Crippen LogP contribution in [-0.4, -0.2) is 24.9 Å². The van der Waals surface area contributed by atoms with E-state index >= 15 is 0 Å². The van der Waals surface area contributed by atoms with E-state index < -0.39 is 0 Å². The van der Waals surface area contributed by atoms with Crippen LogP contribution < -0.4 is 15.5 Å². The van der Waals surface area contributed by atoms with Crippen LogP contribution in [0.2, 0.25) is 0 Å². The number of nitrogens with one attached hydrogen (secondary N) is 2. The summed E-state index contributed by atoms with van der Waals surface area (Å²) in [5.41, 5.74) is 3.36. The molecule has 2 N–H and O–H groups in total. The highest BCUT2D eigenvalue weighted by Gasteiger charge is 2.25. The Balaban J connectivity index is 1.56. The van der Waals surface area contributed by atoms with E-state index in [9.17, 15) is 9.59 Å². The Morgan fingerprint density at radius 2 is 1.66 bits per heavy atom. The molecule has 1 saturated heterocycles. The second kappa shape index (κ2) is 10.2. The average Bonchev–Trinajstić information content (AvgIpc) is 3.35. The van der Waals surface area contributed by atoms with Crippen LogP contribution in [0.3, 0.4) is 0 Å². The molecular weight excluding hydrogens is 398 g/mol. The van der Waals surface area contributed by atoms with Crippen molar-refractivity contribution in [2.75, 3.05) is 23.3 Å². The molecular formula is C27H35N3O2. The lowest BCUT2D eigenvalue weighted by atomic mass is 9.97. The topological polar surface area (TPSA) is 61.4 Å². The first-order valence-electron chi connectivity index (χ1n) is 12.1. The number of rotatable bonds is 6. The predicted octanol–water partition coefficient (Wildman–Crippen LogP) is 5.54. The molecule has 2 aliphatic rings. The molecule has 5 heteroatoms. The van der Waals surface area contributed by atoms with Gasteiger partial charge in [0.2, 0.25) is 5.91 Å². The van der Waals surface area contributed by atoms with Crippen LogP contribution >= 0.6 is 0 Å². The molecule has 1 heterocycles. The summed E-state index contributed by atoms with van der Waals surface area (Å²) in [4.78, 5) is 28.4. The third-order valence-electron chi connectivity index (χ3n) is 7.01. The monoisotopic (exact) mass is 433 g/mol. The van der Waals surface area contributed by atoms with Gasteiger partial charge in [-0.3, -0.25) is 9.59 Å². The normalized spacial score (nSPS) is 18.4. The minimum Gasteiger partial charge on any atom is -0.371 e. The second-order valence-corrected chi connectivity index (χ2v) is 9.48. The van der Waals surface area contributed by atoms with Gasteiger partial charge in [-0.15, -0.1) is 0 Å². The molecule has 1 saturated carbocycles. The van der Waals surface area contributed by atoms with Gasteiger partial charge in [0.05, 0.1) is 11.6 Å². The van der Waals surface area contributed by atoms with Crippen LogP contribution in [0, 0.1) is 11.8 Å². The van der Waals surface area contributed by atoms with E-state index in [1.807, 2.05) is 55.5 Å². The Bertz CT molecular complexity index is 929. The summed E-state index contributed by atoms with van der Waals surface area (Å²) in [5.74, 6) is 0.776. The lowest BCUT2D eigenvalue weighted by molar-refractivity contribution is -0.119. The Kier molecular flexibility index (Phi) is 7.13. The number of hydrogen-bond donors (Lipinski definition) is 2. The molecule has 0 unspecified atom stereocenters. The molecule has 1 aliphatic carbocycles. The van der Waals surface area contributed by atoms with Crippen molar-refractivity contribution in [1.82, 2.24) is 5.32 Å². The molecule has 2 aromatic carbocycles. The van der Waals surface area contributed by atoms with Crippen LogP contribution in [0.15, 0.2) is 48.5 Å². The number of amides is 2. The third kappa shape index (κ3) is 5.32. The molecule has 4 rings (SSSR count). The van der Waals surface area contributed by atoms with Gasteiger partial charge in [-0.05, 0) is 62.3 Å². The maximum atomic E-state index is 13.4. The molecule has 5 nitrogen and oxygen atoms in total. The van der Waals surface area contributed by atoms with Gasteiger partial charge in [-0.1, -0.05) is 50.1 Å². The summed E-state index contributed by atoms with van der Waals surface area (Å²) < 4.78 is 0. The van der Waals surface area contributed by atoms with Crippen LogP contribution in [0.1, 0.15) is 74.3 Å². The number of hydrogen-bond acceptors (Lipinski definition) is 3. The molecule has 1 aliphatic heterocycles. The number of carbonyl (C=O) groups excluding carboxylic acids is 2. The quantitative estimate of drug-likeness (QED) is 0.628. The highest BCUT2D eigenvalue weighted by atomic mass is 16.2. The van der Waals surface area contributed by atoms with Crippen molar-refractivity contribution in [3.8, 4) is 0 Å². The molecule has 0 bridgehead atoms. The fourth-order valence-electron chi connectivity index (χ4n) is 4.85. The van der Waals surface area contributed by atoms with E-state index in [1.54, 1.807) is 0 Å². The zero-order valence-corrected chi connectivity index (χ0v) is 19.3. The number of nitrogens with zero attached hydrogens (tertiary/aromatic N) is 1. The third-order valence-corrected chi connectivity index (χ3v) is 7.01. The Labute approximate surface area is 191 Å². The first-order valence-corrected chi connectivity index (χ1v) is 12.1. The maximum absolute atomic E-state index is 13.4. The molecule has 0 spiro atoms. The van der Waals surface area contributed by atoms with Crippen molar-refractivity contribution in [2.24, 2.45) is 11.8 Å². The fraction of sp³-hybridized carbons (Fsp3) is 0.481. The number of anilines is 2. The number of carbonyl (C=O) groups is 2. The summed E-state index contributed by atoms with van der Waals surface area (Å²) in [5, 5.41) is 6.22. The van der Waals surface area contributed by atoms with Gasteiger partial charge in [0.1, 0.15) is 0 Å². The van der Waals surface area contributed by atoms with Crippen LogP contribution in [0.4, 0.5) is 11.4 Å². The van der Waals surface area contributed by atoms with Crippen LogP contribution in [0.5, 0.6) is 0 Å². The summed E-state index contributed by atoms with van der Waals surface area (Å²) in [7, 11) is 0. The maximum Gasteiger partial charge on any atom is 0.253 e. The Morgan fingerprint density at radius 3 is 2.34 bits per heavy atom. The highest BCUT2D eigenvalue weighted by Crippen LogP contribution is 2.31. The molecule has 32 heavy (non-hydrogen) atoms. The first kappa shape index (κ1) is 22.4. The van der Waals surface area contributed by atoms with E-state index in [0.717, 1.165) is 62.9 Å². The van der Waals surface area contributed by atoms with E-state index in [1.165, 1.54) is 0 Å². The largest absolute Gasteiger partial charge is 0.371 e. The lowest BCUT2D eigenvalue weighted by Gasteiger charge is -2.33. The summed E-state index contributed by atoms with van der Waals surface area (Å²) in [6.07, 6.45) is 6.41. The Morgan fingerprint density at radius 1 is 0.969 bits per heavy atom. The highest BCUT2D eigenvalue weighted by molar-refractivity contribution is 6.02. The molecule has 170 valence electrons. The second-order valence-electron chi connectivity index (χ2n) is 9.48. The standard InChI is InChI=1S/C27H35N3O2/c1-19-14-16-30(17-15-19)25-13-12-23(29-26(31)22-10-6-7-11-22)18-24(25)27(32)28-20(2)21-8-4-3-5-9-21/h3-5,8-9,12-13,18-20,22H,6-7,10-11,14-17H2,1-2H3,(H,28,32)(H,29,31)/t20-/m1/s1. The molecule has 2 amide bonds. The number of piperidine rings is 1. The van der Waals surface area contributed by atoms with Crippen LogP contribution in [0.25, 0.3) is 0 Å². The van der Waals surface area contributed by atoms with Gasteiger partial charge in [0.15, 0.2) is 0 Å². The van der Waals surface area contributed by atoms with Crippen molar-refractivity contribution in [3.05, 3.63) is 59.7 Å². The molecule has 2 aromatic rings. The predicted molar refractivity (Wildman–Crippen MR) is 130 cm³/mol. The molecule has 0 aromatic heterocycles. The summed E-state index contributed by atoms with van der Waals surface area (Å²) >= 11 is 0. The van der Waals surface area contributed by atoms with Gasteiger partial charge in [-0.2, -0.15) is 0 Å². The van der Waals surface area contributed by atoms with E-state index in [2.05, 4.69) is 22.5 Å². The minimum atomic E-state index is -0.105. The molecule has 0 radical (unpaired) electrons. The number of benzene rings is 2. The van der Waals surface area contributed by atoms with Crippen molar-refractivity contribution < 1.29 is 9.59 Å². The first-order chi connectivity index (χ1) is 15.5. The fourth-order valence-corrected chi connectivity index (χ4v) is 4.85. The van der Waals surface area contributed by atoms with Gasteiger partial charge in [0, 0.05) is 30.4 Å². The van der Waals surface area contributed by atoms with Gasteiger partial charge in [-0.25, -0.2) is 0 Å². The van der Waals surface area contributed by atoms with E-state index in [-0.39, 0.29) is 23.8 Å². The van der Waals surface area contributed by atoms with Crippen molar-refractivity contribution in [3.63, 3.8) is 0 Å². The minimum absolute atomic E-state index is 0.0751. The summed E-state index contributed by atoms with van der Waals surface area (Å²) in [6.45, 7) is 6.18. The van der Waals surface area contributed by atoms with Crippen molar-refractivity contribution in [1.29, 1.82) is 0 Å².